The number of carbonyl (C=O) groups is 3. The van der Waals surface area contributed by atoms with Gasteiger partial charge in [-0.3, -0.25) is 14.5 Å². The van der Waals surface area contributed by atoms with Crippen molar-refractivity contribution in [1.29, 1.82) is 0 Å². The van der Waals surface area contributed by atoms with Crippen LogP contribution in [0.4, 0.5) is 4.79 Å². The fourth-order valence-corrected chi connectivity index (χ4v) is 2.79. The van der Waals surface area contributed by atoms with Crippen molar-refractivity contribution in [3.63, 3.8) is 0 Å². The van der Waals surface area contributed by atoms with Crippen molar-refractivity contribution in [2.75, 3.05) is 13.1 Å². The lowest BCUT2D eigenvalue weighted by molar-refractivity contribution is -0.159. The molecule has 0 saturated carbocycles. The van der Waals surface area contributed by atoms with Crippen LogP contribution in [-0.4, -0.2) is 42.0 Å². The monoisotopic (exact) mass is 332 g/mol. The normalized spacial score (nSPS) is 17.8. The van der Waals surface area contributed by atoms with E-state index in [0.717, 1.165) is 16.9 Å². The van der Waals surface area contributed by atoms with E-state index in [-0.39, 0.29) is 5.92 Å². The number of nitrogens with zero attached hydrogens (tertiary/aromatic N) is 1. The number of hydrogen-bond acceptors (Lipinski definition) is 4. The molecule has 0 spiro atoms. The van der Waals surface area contributed by atoms with Crippen LogP contribution < -0.4 is 5.32 Å². The summed E-state index contributed by atoms with van der Waals surface area (Å²) < 4.78 is 5.40. The summed E-state index contributed by atoms with van der Waals surface area (Å²) in [4.78, 5) is 37.6. The maximum absolute atomic E-state index is 12.7. The molecule has 3 amide bonds. The molecule has 0 bridgehead atoms. The fraction of sp³-hybridized carbons (Fsp3) is 0.500. The number of hydrogen-bond donors (Lipinski definition) is 1. The zero-order valence-corrected chi connectivity index (χ0v) is 14.3. The summed E-state index contributed by atoms with van der Waals surface area (Å²) in [6, 6.07) is 8.98. The number of ether oxygens (including phenoxy) is 1. The van der Waals surface area contributed by atoms with E-state index in [2.05, 4.69) is 5.32 Å². The van der Waals surface area contributed by atoms with Crippen LogP contribution in [0.15, 0.2) is 30.3 Å². The van der Waals surface area contributed by atoms with E-state index >= 15 is 0 Å². The zero-order valence-electron chi connectivity index (χ0n) is 14.3. The molecular formula is C18H24N2O4. The summed E-state index contributed by atoms with van der Waals surface area (Å²) in [7, 11) is 0. The van der Waals surface area contributed by atoms with Crippen molar-refractivity contribution in [2.24, 2.45) is 5.92 Å². The van der Waals surface area contributed by atoms with Gasteiger partial charge >= 0.3 is 12.0 Å². The third kappa shape index (κ3) is 3.93. The largest absolute Gasteiger partial charge is 0.452 e. The molecule has 24 heavy (non-hydrogen) atoms. The van der Waals surface area contributed by atoms with E-state index in [9.17, 15) is 14.4 Å². The first-order valence-electron chi connectivity index (χ1n) is 8.30. The van der Waals surface area contributed by atoms with Crippen LogP contribution in [0.2, 0.25) is 0 Å². The fourth-order valence-electron chi connectivity index (χ4n) is 2.79. The number of imide groups is 1. The molecule has 2 rings (SSSR count). The Morgan fingerprint density at radius 2 is 1.92 bits per heavy atom. The number of urea groups is 1. The lowest BCUT2D eigenvalue weighted by atomic mass is 9.85. The highest BCUT2D eigenvalue weighted by Crippen LogP contribution is 2.28. The van der Waals surface area contributed by atoms with Crippen molar-refractivity contribution in [2.45, 2.75) is 39.2 Å². The third-order valence-corrected chi connectivity index (χ3v) is 4.39. The SMILES string of the molecule is CC[C@H](C)[C@H](C(=O)O[C@@H](C)C(=O)N1CCNC1=O)c1ccccc1. The van der Waals surface area contributed by atoms with Crippen molar-refractivity contribution < 1.29 is 19.1 Å². The second-order valence-electron chi connectivity index (χ2n) is 6.07. The quantitative estimate of drug-likeness (QED) is 0.811. The summed E-state index contributed by atoms with van der Waals surface area (Å²) in [6.07, 6.45) is -0.178. The molecule has 0 aliphatic carbocycles. The molecule has 1 aromatic carbocycles. The molecule has 3 atom stereocenters. The number of esters is 1. The van der Waals surface area contributed by atoms with Gasteiger partial charge in [0.15, 0.2) is 6.10 Å². The smallest absolute Gasteiger partial charge is 0.324 e. The van der Waals surface area contributed by atoms with Gasteiger partial charge in [-0.05, 0) is 18.4 Å². The van der Waals surface area contributed by atoms with Gasteiger partial charge < -0.3 is 10.1 Å². The van der Waals surface area contributed by atoms with Crippen molar-refractivity contribution >= 4 is 17.9 Å². The molecule has 1 heterocycles. The van der Waals surface area contributed by atoms with Gasteiger partial charge in [0.2, 0.25) is 0 Å². The summed E-state index contributed by atoms with van der Waals surface area (Å²) >= 11 is 0. The molecule has 6 nitrogen and oxygen atoms in total. The second kappa shape index (κ2) is 7.95. The average molecular weight is 332 g/mol. The van der Waals surface area contributed by atoms with Crippen LogP contribution >= 0.6 is 0 Å². The highest BCUT2D eigenvalue weighted by Gasteiger charge is 2.34. The highest BCUT2D eigenvalue weighted by molar-refractivity contribution is 5.98. The van der Waals surface area contributed by atoms with Crippen LogP contribution in [0.5, 0.6) is 0 Å². The van der Waals surface area contributed by atoms with Crippen LogP contribution in [0.1, 0.15) is 38.7 Å². The first kappa shape index (κ1) is 18.0. The summed E-state index contributed by atoms with van der Waals surface area (Å²) in [5, 5.41) is 2.56. The minimum atomic E-state index is -0.989. The van der Waals surface area contributed by atoms with Crippen molar-refractivity contribution in [1.82, 2.24) is 10.2 Å². The Morgan fingerprint density at radius 1 is 1.25 bits per heavy atom. The van der Waals surface area contributed by atoms with Crippen LogP contribution in [0, 0.1) is 5.92 Å². The van der Waals surface area contributed by atoms with Gasteiger partial charge in [0.1, 0.15) is 0 Å². The lowest BCUT2D eigenvalue weighted by Gasteiger charge is -2.25. The Labute approximate surface area is 142 Å². The van der Waals surface area contributed by atoms with Crippen LogP contribution in [0.3, 0.4) is 0 Å². The molecule has 1 aliphatic heterocycles. The van der Waals surface area contributed by atoms with E-state index < -0.39 is 29.9 Å². The van der Waals surface area contributed by atoms with Gasteiger partial charge in [-0.2, -0.15) is 0 Å². The van der Waals surface area contributed by atoms with Gasteiger partial charge in [0.25, 0.3) is 5.91 Å². The molecular weight excluding hydrogens is 308 g/mol. The molecule has 1 fully saturated rings. The van der Waals surface area contributed by atoms with E-state index in [4.69, 9.17) is 4.74 Å². The molecule has 6 heteroatoms. The van der Waals surface area contributed by atoms with Crippen molar-refractivity contribution in [3.8, 4) is 0 Å². The average Bonchev–Trinajstić information content (AvgIpc) is 3.01. The number of amides is 3. The minimum absolute atomic E-state index is 0.0808. The van der Waals surface area contributed by atoms with Crippen LogP contribution in [0.25, 0.3) is 0 Å². The molecule has 1 N–H and O–H groups in total. The molecule has 1 aliphatic rings. The Balaban J connectivity index is 2.09. The van der Waals surface area contributed by atoms with E-state index in [1.807, 2.05) is 44.2 Å². The first-order valence-corrected chi connectivity index (χ1v) is 8.30. The Kier molecular flexibility index (Phi) is 5.95. The number of rotatable bonds is 6. The maximum Gasteiger partial charge on any atom is 0.324 e. The molecule has 130 valence electrons. The lowest BCUT2D eigenvalue weighted by Crippen LogP contribution is -2.42. The molecule has 0 radical (unpaired) electrons. The van der Waals surface area contributed by atoms with Gasteiger partial charge in [-0.1, -0.05) is 50.6 Å². The van der Waals surface area contributed by atoms with Gasteiger partial charge in [-0.15, -0.1) is 0 Å². The predicted octanol–water partition coefficient (Wildman–Crippen LogP) is 2.30. The highest BCUT2D eigenvalue weighted by atomic mass is 16.5. The second-order valence-corrected chi connectivity index (χ2v) is 6.07. The number of benzene rings is 1. The van der Waals surface area contributed by atoms with E-state index in [1.165, 1.54) is 6.92 Å². The van der Waals surface area contributed by atoms with Gasteiger partial charge in [-0.25, -0.2) is 4.79 Å². The zero-order chi connectivity index (χ0) is 17.7. The summed E-state index contributed by atoms with van der Waals surface area (Å²) in [6.45, 7) is 6.22. The Bertz CT molecular complexity index is 602. The standard InChI is InChI=1S/C18H24N2O4/c1-4-12(2)15(14-8-6-5-7-9-14)17(22)24-13(3)16(21)20-11-10-19-18(20)23/h5-9,12-13,15H,4,10-11H2,1-3H3,(H,19,23)/t12-,13-,15-/m0/s1. The van der Waals surface area contributed by atoms with E-state index in [1.54, 1.807) is 0 Å². The third-order valence-electron chi connectivity index (χ3n) is 4.39. The van der Waals surface area contributed by atoms with Gasteiger partial charge in [0.05, 0.1) is 5.92 Å². The van der Waals surface area contributed by atoms with Crippen LogP contribution in [-0.2, 0) is 14.3 Å². The maximum atomic E-state index is 12.7. The van der Waals surface area contributed by atoms with Gasteiger partial charge in [0, 0.05) is 13.1 Å². The molecule has 0 unspecified atom stereocenters. The number of nitrogens with one attached hydrogen (secondary N) is 1. The number of carbonyl (C=O) groups excluding carboxylic acids is 3. The Hall–Kier alpha value is -2.37. The molecule has 1 saturated heterocycles. The topological polar surface area (TPSA) is 75.7 Å². The molecule has 0 aromatic heterocycles. The Morgan fingerprint density at radius 3 is 2.46 bits per heavy atom. The summed E-state index contributed by atoms with van der Waals surface area (Å²) in [5.41, 5.74) is 0.871. The van der Waals surface area contributed by atoms with E-state index in [0.29, 0.717) is 13.1 Å². The molecule has 1 aromatic rings. The minimum Gasteiger partial charge on any atom is -0.452 e. The van der Waals surface area contributed by atoms with Crippen molar-refractivity contribution in [3.05, 3.63) is 35.9 Å². The predicted molar refractivity (Wildman–Crippen MR) is 89.3 cm³/mol. The summed E-state index contributed by atoms with van der Waals surface area (Å²) in [5.74, 6) is -1.28. The first-order chi connectivity index (χ1) is 11.5.